The van der Waals surface area contributed by atoms with E-state index in [1.165, 1.54) is 0 Å². The Bertz CT molecular complexity index is 945. The average Bonchev–Trinajstić information content (AvgIpc) is 2.69. The van der Waals surface area contributed by atoms with Gasteiger partial charge in [-0.15, -0.1) is 0 Å². The molecular weight excluding hydrogens is 455 g/mol. The van der Waals surface area contributed by atoms with Gasteiger partial charge in [-0.25, -0.2) is 0 Å². The number of rotatable bonds is 6. The van der Waals surface area contributed by atoms with Gasteiger partial charge >= 0.3 is 0 Å². The maximum atomic E-state index is 12.5. The van der Waals surface area contributed by atoms with Gasteiger partial charge < -0.3 is 15.4 Å². The number of carbonyl (C=O) groups is 2. The number of carbonyl (C=O) groups excluding carboxylic acids is 2. The van der Waals surface area contributed by atoms with Crippen molar-refractivity contribution in [1.29, 1.82) is 0 Å². The van der Waals surface area contributed by atoms with Crippen LogP contribution >= 0.6 is 22.6 Å². The number of anilines is 2. The lowest BCUT2D eigenvalue weighted by atomic mass is 10.2. The molecule has 0 saturated heterocycles. The van der Waals surface area contributed by atoms with E-state index in [2.05, 4.69) is 33.2 Å². The van der Waals surface area contributed by atoms with E-state index in [4.69, 9.17) is 4.74 Å². The molecule has 6 heteroatoms. The molecule has 0 atom stereocenters. The number of amides is 2. The SMILES string of the molecule is O=C(COc1ccccc1C(=O)Nc1ccccc1)Nc1ccccc1I. The number of hydrogen-bond acceptors (Lipinski definition) is 3. The van der Waals surface area contributed by atoms with Crippen molar-refractivity contribution in [2.45, 2.75) is 0 Å². The summed E-state index contributed by atoms with van der Waals surface area (Å²) in [5.41, 5.74) is 1.78. The highest BCUT2D eigenvalue weighted by atomic mass is 127. The van der Waals surface area contributed by atoms with Gasteiger partial charge in [0.1, 0.15) is 5.75 Å². The molecule has 0 aromatic heterocycles. The van der Waals surface area contributed by atoms with Crippen molar-refractivity contribution in [3.63, 3.8) is 0 Å². The molecular formula is C21H17IN2O3. The smallest absolute Gasteiger partial charge is 0.262 e. The van der Waals surface area contributed by atoms with Crippen molar-refractivity contribution < 1.29 is 14.3 Å². The van der Waals surface area contributed by atoms with E-state index in [0.29, 0.717) is 17.0 Å². The van der Waals surface area contributed by atoms with Crippen LogP contribution < -0.4 is 15.4 Å². The molecule has 3 aromatic carbocycles. The predicted molar refractivity (Wildman–Crippen MR) is 114 cm³/mol. The van der Waals surface area contributed by atoms with Crippen LogP contribution in [0.4, 0.5) is 11.4 Å². The first-order valence-electron chi connectivity index (χ1n) is 8.26. The molecule has 0 unspecified atom stereocenters. The lowest BCUT2D eigenvalue weighted by Gasteiger charge is -2.12. The van der Waals surface area contributed by atoms with Gasteiger partial charge in [-0.3, -0.25) is 9.59 Å². The first-order chi connectivity index (χ1) is 13.1. The Hall–Kier alpha value is -2.87. The van der Waals surface area contributed by atoms with Crippen LogP contribution in [-0.4, -0.2) is 18.4 Å². The Morgan fingerprint density at radius 1 is 0.815 bits per heavy atom. The Kier molecular flexibility index (Phi) is 6.43. The summed E-state index contributed by atoms with van der Waals surface area (Å²) in [6.07, 6.45) is 0. The summed E-state index contributed by atoms with van der Waals surface area (Å²) >= 11 is 2.15. The molecule has 0 spiro atoms. The molecule has 5 nitrogen and oxygen atoms in total. The maximum Gasteiger partial charge on any atom is 0.262 e. The number of para-hydroxylation sites is 3. The largest absolute Gasteiger partial charge is 0.483 e. The number of hydrogen-bond donors (Lipinski definition) is 2. The van der Waals surface area contributed by atoms with Gasteiger partial charge in [0, 0.05) is 9.26 Å². The Labute approximate surface area is 170 Å². The summed E-state index contributed by atoms with van der Waals surface area (Å²) in [4.78, 5) is 24.7. The minimum absolute atomic E-state index is 0.194. The van der Waals surface area contributed by atoms with Crippen LogP contribution in [0.25, 0.3) is 0 Å². The van der Waals surface area contributed by atoms with Crippen molar-refractivity contribution in [2.24, 2.45) is 0 Å². The minimum atomic E-state index is -0.296. The lowest BCUT2D eigenvalue weighted by molar-refractivity contribution is -0.118. The molecule has 0 aliphatic rings. The van der Waals surface area contributed by atoms with E-state index < -0.39 is 0 Å². The molecule has 136 valence electrons. The number of halogens is 1. The zero-order valence-corrected chi connectivity index (χ0v) is 16.5. The zero-order chi connectivity index (χ0) is 19.1. The minimum Gasteiger partial charge on any atom is -0.483 e. The Morgan fingerprint density at radius 2 is 1.48 bits per heavy atom. The van der Waals surface area contributed by atoms with Crippen LogP contribution in [0.3, 0.4) is 0 Å². The van der Waals surface area contributed by atoms with Crippen molar-refractivity contribution in [3.8, 4) is 5.75 Å². The van der Waals surface area contributed by atoms with Gasteiger partial charge in [0.25, 0.3) is 11.8 Å². The monoisotopic (exact) mass is 472 g/mol. The summed E-state index contributed by atoms with van der Waals surface area (Å²) in [7, 11) is 0. The highest BCUT2D eigenvalue weighted by Crippen LogP contribution is 2.20. The quantitative estimate of drug-likeness (QED) is 0.517. The van der Waals surface area contributed by atoms with E-state index in [0.717, 1.165) is 9.26 Å². The first-order valence-corrected chi connectivity index (χ1v) is 9.34. The zero-order valence-electron chi connectivity index (χ0n) is 14.3. The second kappa shape index (κ2) is 9.18. The van der Waals surface area contributed by atoms with E-state index in [1.54, 1.807) is 36.4 Å². The van der Waals surface area contributed by atoms with Crippen LogP contribution in [0.1, 0.15) is 10.4 Å². The molecule has 3 aromatic rings. The molecule has 0 aliphatic carbocycles. The normalized spacial score (nSPS) is 10.1. The van der Waals surface area contributed by atoms with Crippen LogP contribution in [0.2, 0.25) is 0 Å². The van der Waals surface area contributed by atoms with Crippen molar-refractivity contribution in [1.82, 2.24) is 0 Å². The average molecular weight is 472 g/mol. The third kappa shape index (κ3) is 5.30. The molecule has 2 amide bonds. The van der Waals surface area contributed by atoms with Gasteiger partial charge in [0.05, 0.1) is 11.3 Å². The van der Waals surface area contributed by atoms with E-state index >= 15 is 0 Å². The van der Waals surface area contributed by atoms with Crippen molar-refractivity contribution >= 4 is 45.8 Å². The fourth-order valence-electron chi connectivity index (χ4n) is 2.39. The highest BCUT2D eigenvalue weighted by molar-refractivity contribution is 14.1. The second-order valence-electron chi connectivity index (χ2n) is 5.63. The van der Waals surface area contributed by atoms with Crippen LogP contribution in [0.15, 0.2) is 78.9 Å². The topological polar surface area (TPSA) is 67.4 Å². The van der Waals surface area contributed by atoms with Crippen LogP contribution in [0.5, 0.6) is 5.75 Å². The number of ether oxygens (including phenoxy) is 1. The highest BCUT2D eigenvalue weighted by Gasteiger charge is 2.14. The molecule has 0 saturated carbocycles. The van der Waals surface area contributed by atoms with Gasteiger partial charge in [-0.2, -0.15) is 0 Å². The Morgan fingerprint density at radius 3 is 2.26 bits per heavy atom. The molecule has 0 radical (unpaired) electrons. The Balaban J connectivity index is 1.64. The number of nitrogens with one attached hydrogen (secondary N) is 2. The first kappa shape index (κ1) is 18.9. The lowest BCUT2D eigenvalue weighted by Crippen LogP contribution is -2.22. The fourth-order valence-corrected chi connectivity index (χ4v) is 2.91. The standard InChI is InChI=1S/C21H17IN2O3/c22-17-11-5-6-12-18(17)24-20(25)14-27-19-13-7-4-10-16(19)21(26)23-15-8-2-1-3-9-15/h1-13H,14H2,(H,23,26)(H,24,25). The van der Waals surface area contributed by atoms with Gasteiger partial charge in [-0.05, 0) is 59.0 Å². The molecule has 3 rings (SSSR count). The van der Waals surface area contributed by atoms with Gasteiger partial charge in [0.2, 0.25) is 0 Å². The summed E-state index contributed by atoms with van der Waals surface area (Å²) in [6.45, 7) is -0.194. The molecule has 0 heterocycles. The summed E-state index contributed by atoms with van der Waals surface area (Å²) in [5.74, 6) is -0.240. The second-order valence-corrected chi connectivity index (χ2v) is 6.80. The molecule has 2 N–H and O–H groups in total. The summed E-state index contributed by atoms with van der Waals surface area (Å²) in [6, 6.07) is 23.5. The molecule has 27 heavy (non-hydrogen) atoms. The predicted octanol–water partition coefficient (Wildman–Crippen LogP) is 4.56. The molecule has 0 bridgehead atoms. The molecule has 0 fully saturated rings. The third-order valence-electron chi connectivity index (χ3n) is 3.67. The van der Waals surface area contributed by atoms with Crippen LogP contribution in [0, 0.1) is 3.57 Å². The number of benzene rings is 3. The van der Waals surface area contributed by atoms with Crippen molar-refractivity contribution in [2.75, 3.05) is 17.2 Å². The maximum absolute atomic E-state index is 12.5. The summed E-state index contributed by atoms with van der Waals surface area (Å²) in [5, 5.41) is 5.61. The van der Waals surface area contributed by atoms with E-state index in [9.17, 15) is 9.59 Å². The van der Waals surface area contributed by atoms with Crippen molar-refractivity contribution in [3.05, 3.63) is 88.0 Å². The third-order valence-corrected chi connectivity index (χ3v) is 4.61. The molecule has 0 aliphatic heterocycles. The van der Waals surface area contributed by atoms with Gasteiger partial charge in [0.15, 0.2) is 6.61 Å². The van der Waals surface area contributed by atoms with E-state index in [1.807, 2.05) is 42.5 Å². The fraction of sp³-hybridized carbons (Fsp3) is 0.0476. The van der Waals surface area contributed by atoms with Gasteiger partial charge in [-0.1, -0.05) is 42.5 Å². The summed E-state index contributed by atoms with van der Waals surface area (Å²) < 4.78 is 6.53. The van der Waals surface area contributed by atoms with Crippen LogP contribution in [-0.2, 0) is 4.79 Å². The van der Waals surface area contributed by atoms with E-state index in [-0.39, 0.29) is 18.4 Å².